The lowest BCUT2D eigenvalue weighted by molar-refractivity contribution is -0.131. The molecule has 0 bridgehead atoms. The number of aromatic hydroxyl groups is 1. The first-order valence-electron chi connectivity index (χ1n) is 15.2. The molecule has 42 heavy (non-hydrogen) atoms. The van der Waals surface area contributed by atoms with Crippen molar-refractivity contribution >= 4 is 17.5 Å². The first kappa shape index (κ1) is 30.3. The summed E-state index contributed by atoms with van der Waals surface area (Å²) in [6, 6.07) is 11.8. The van der Waals surface area contributed by atoms with Gasteiger partial charge in [-0.25, -0.2) is 0 Å². The van der Waals surface area contributed by atoms with E-state index < -0.39 is 6.10 Å². The molecule has 5 rings (SSSR count). The van der Waals surface area contributed by atoms with Gasteiger partial charge in [0.2, 0.25) is 5.91 Å². The van der Waals surface area contributed by atoms with Gasteiger partial charge >= 0.3 is 0 Å². The molecule has 2 amide bonds. The SMILES string of the molecule is CN(CCNCC(O)c1ccc(O)c2c1OCC(=O)N2)C(=O)CCOCCc1cccc(CN2CC3CCCC3C2)c1. The molecule has 1 saturated heterocycles. The Morgan fingerprint density at radius 1 is 1.19 bits per heavy atom. The molecule has 1 saturated carbocycles. The number of aliphatic hydroxyl groups excluding tert-OH is 1. The Morgan fingerprint density at radius 3 is 2.79 bits per heavy atom. The molecule has 2 aliphatic heterocycles. The van der Waals surface area contributed by atoms with Crippen LogP contribution in [0.2, 0.25) is 0 Å². The third-order valence-corrected chi connectivity index (χ3v) is 8.72. The van der Waals surface area contributed by atoms with Crippen molar-refractivity contribution in [2.24, 2.45) is 11.8 Å². The summed E-state index contributed by atoms with van der Waals surface area (Å²) in [7, 11) is 1.76. The zero-order valence-electron chi connectivity index (χ0n) is 24.5. The number of anilines is 1. The quantitative estimate of drug-likeness (QED) is 0.199. The van der Waals surface area contributed by atoms with Crippen molar-refractivity contribution < 1.29 is 29.3 Å². The lowest BCUT2D eigenvalue weighted by Crippen LogP contribution is -2.35. The number of nitrogens with one attached hydrogen (secondary N) is 2. The van der Waals surface area contributed by atoms with Crippen LogP contribution in [0.5, 0.6) is 11.5 Å². The molecule has 2 fully saturated rings. The number of likely N-dealkylation sites (N-methyl/N-ethyl adjacent to an activating group) is 1. The lowest BCUT2D eigenvalue weighted by atomic mass is 10.0. The molecule has 0 spiro atoms. The van der Waals surface area contributed by atoms with Crippen molar-refractivity contribution in [3.8, 4) is 11.5 Å². The number of ether oxygens (including phenoxy) is 2. The fourth-order valence-corrected chi connectivity index (χ4v) is 6.41. The van der Waals surface area contributed by atoms with E-state index in [9.17, 15) is 19.8 Å². The molecule has 228 valence electrons. The van der Waals surface area contributed by atoms with Crippen molar-refractivity contribution in [1.29, 1.82) is 0 Å². The van der Waals surface area contributed by atoms with Gasteiger partial charge in [0, 0.05) is 51.9 Å². The number of amides is 2. The van der Waals surface area contributed by atoms with E-state index in [4.69, 9.17) is 9.47 Å². The van der Waals surface area contributed by atoms with Gasteiger partial charge < -0.3 is 35.2 Å². The highest BCUT2D eigenvalue weighted by atomic mass is 16.5. The highest BCUT2D eigenvalue weighted by Gasteiger charge is 2.35. The van der Waals surface area contributed by atoms with Gasteiger partial charge in [0.25, 0.3) is 5.91 Å². The number of phenols is 1. The summed E-state index contributed by atoms with van der Waals surface area (Å²) in [6.45, 7) is 5.52. The number of fused-ring (bicyclic) bond motifs is 2. The highest BCUT2D eigenvalue weighted by Crippen LogP contribution is 2.41. The maximum absolute atomic E-state index is 12.5. The fraction of sp³-hybridized carbons (Fsp3) is 0.562. The lowest BCUT2D eigenvalue weighted by Gasteiger charge is -2.24. The second kappa shape index (κ2) is 14.3. The Bertz CT molecular complexity index is 1230. The first-order valence-corrected chi connectivity index (χ1v) is 15.2. The van der Waals surface area contributed by atoms with Crippen molar-refractivity contribution in [2.75, 3.05) is 64.9 Å². The second-order valence-corrected chi connectivity index (χ2v) is 11.8. The van der Waals surface area contributed by atoms with E-state index in [0.29, 0.717) is 38.3 Å². The molecule has 3 aliphatic rings. The average Bonchev–Trinajstić information content (AvgIpc) is 3.57. The Balaban J connectivity index is 0.944. The Kier molecular flexibility index (Phi) is 10.3. The Morgan fingerprint density at radius 2 is 1.98 bits per heavy atom. The summed E-state index contributed by atoms with van der Waals surface area (Å²) in [5.74, 6) is 1.63. The number of phenolic OH excluding ortho intramolecular Hbond substituents is 1. The van der Waals surface area contributed by atoms with E-state index >= 15 is 0 Å². The van der Waals surface area contributed by atoms with Crippen LogP contribution >= 0.6 is 0 Å². The molecule has 2 aromatic carbocycles. The van der Waals surface area contributed by atoms with Crippen molar-refractivity contribution in [2.45, 2.75) is 44.8 Å². The van der Waals surface area contributed by atoms with E-state index in [2.05, 4.69) is 39.8 Å². The van der Waals surface area contributed by atoms with Crippen LogP contribution in [0.25, 0.3) is 0 Å². The number of hydrogen-bond acceptors (Lipinski definition) is 8. The minimum absolute atomic E-state index is 0.00599. The molecule has 2 heterocycles. The molecule has 0 aromatic heterocycles. The summed E-state index contributed by atoms with van der Waals surface area (Å²) in [4.78, 5) is 28.3. The molecule has 10 heteroatoms. The summed E-state index contributed by atoms with van der Waals surface area (Å²) in [6.07, 6.45) is 4.46. The maximum atomic E-state index is 12.5. The molecular formula is C32H44N4O6. The predicted octanol–water partition coefficient (Wildman–Crippen LogP) is 2.69. The number of carbonyl (C=O) groups excluding carboxylic acids is 2. The maximum Gasteiger partial charge on any atom is 0.262 e. The second-order valence-electron chi connectivity index (χ2n) is 11.8. The monoisotopic (exact) mass is 580 g/mol. The van der Waals surface area contributed by atoms with Gasteiger partial charge in [-0.15, -0.1) is 0 Å². The zero-order chi connectivity index (χ0) is 29.5. The van der Waals surface area contributed by atoms with Crippen LogP contribution in [0.4, 0.5) is 5.69 Å². The van der Waals surface area contributed by atoms with Gasteiger partial charge in [0.15, 0.2) is 12.4 Å². The van der Waals surface area contributed by atoms with Gasteiger partial charge in [-0.3, -0.25) is 14.5 Å². The van der Waals surface area contributed by atoms with Crippen LogP contribution in [0.15, 0.2) is 36.4 Å². The van der Waals surface area contributed by atoms with Gasteiger partial charge in [-0.2, -0.15) is 0 Å². The minimum atomic E-state index is -0.913. The van der Waals surface area contributed by atoms with Crippen molar-refractivity contribution in [1.82, 2.24) is 15.1 Å². The van der Waals surface area contributed by atoms with Crippen LogP contribution in [0.3, 0.4) is 0 Å². The van der Waals surface area contributed by atoms with Crippen molar-refractivity contribution in [3.05, 3.63) is 53.1 Å². The molecule has 3 atom stereocenters. The van der Waals surface area contributed by atoms with Crippen molar-refractivity contribution in [3.63, 3.8) is 0 Å². The third kappa shape index (κ3) is 7.80. The number of carbonyl (C=O) groups is 2. The normalized spacial score (nSPS) is 20.5. The summed E-state index contributed by atoms with van der Waals surface area (Å²) in [5.41, 5.74) is 3.28. The standard InChI is InChI=1S/C32H44N4O6/c1-35(13-12-33-17-28(38)26-8-9-27(37)31-32(26)42-21-29(39)34-31)30(40)11-15-41-14-10-22-4-2-5-23(16-22)18-36-19-24-6-3-7-25(24)20-36/h2,4-5,8-9,16,24-25,28,33,37-38H,3,6-7,10-15,17-21H2,1H3,(H,34,39). The largest absolute Gasteiger partial charge is 0.506 e. The smallest absolute Gasteiger partial charge is 0.262 e. The highest BCUT2D eigenvalue weighted by molar-refractivity contribution is 5.97. The number of rotatable bonds is 14. The number of likely N-dealkylation sites (tertiary alicyclic amines) is 1. The van der Waals surface area contributed by atoms with Gasteiger partial charge in [0.1, 0.15) is 11.4 Å². The molecule has 3 unspecified atom stereocenters. The minimum Gasteiger partial charge on any atom is -0.506 e. The summed E-state index contributed by atoms with van der Waals surface area (Å²) in [5, 5.41) is 26.3. The molecule has 0 radical (unpaired) electrons. The zero-order valence-corrected chi connectivity index (χ0v) is 24.5. The molecule has 10 nitrogen and oxygen atoms in total. The third-order valence-electron chi connectivity index (χ3n) is 8.72. The molecule has 1 aliphatic carbocycles. The average molecular weight is 581 g/mol. The molecule has 4 N–H and O–H groups in total. The van der Waals surface area contributed by atoms with Gasteiger partial charge in [-0.05, 0) is 54.4 Å². The van der Waals surface area contributed by atoms with Crippen LogP contribution in [0.1, 0.15) is 48.5 Å². The van der Waals surface area contributed by atoms with E-state index in [1.807, 2.05) is 0 Å². The van der Waals surface area contributed by atoms with Crippen LogP contribution < -0.4 is 15.4 Å². The number of aliphatic hydroxyl groups is 1. The van der Waals surface area contributed by atoms with Crippen LogP contribution in [-0.4, -0.2) is 91.4 Å². The van der Waals surface area contributed by atoms with E-state index in [1.54, 1.807) is 18.0 Å². The van der Waals surface area contributed by atoms with E-state index in [-0.39, 0.29) is 42.2 Å². The molecule has 2 aromatic rings. The number of benzene rings is 2. The molecular weight excluding hydrogens is 536 g/mol. The number of hydrogen-bond donors (Lipinski definition) is 4. The predicted molar refractivity (Wildman–Crippen MR) is 159 cm³/mol. The van der Waals surface area contributed by atoms with Crippen LogP contribution in [-0.2, 0) is 27.3 Å². The number of nitrogens with zero attached hydrogens (tertiary/aromatic N) is 2. The Hall–Kier alpha value is -3.18. The topological polar surface area (TPSA) is 124 Å². The summed E-state index contributed by atoms with van der Waals surface area (Å²) < 4.78 is 11.2. The van der Waals surface area contributed by atoms with E-state index in [0.717, 1.165) is 24.8 Å². The van der Waals surface area contributed by atoms with E-state index in [1.165, 1.54) is 49.5 Å². The summed E-state index contributed by atoms with van der Waals surface area (Å²) >= 11 is 0. The van der Waals surface area contributed by atoms with Gasteiger partial charge in [0.05, 0.1) is 25.7 Å². The van der Waals surface area contributed by atoms with Crippen LogP contribution in [0, 0.1) is 11.8 Å². The van der Waals surface area contributed by atoms with Gasteiger partial charge in [-0.1, -0.05) is 30.7 Å². The Labute approximate surface area is 248 Å². The first-order chi connectivity index (χ1) is 20.4. The fourth-order valence-electron chi connectivity index (χ4n) is 6.41.